The first-order valence-corrected chi connectivity index (χ1v) is 13.2. The summed E-state index contributed by atoms with van der Waals surface area (Å²) in [6, 6.07) is 34.3. The van der Waals surface area contributed by atoms with E-state index in [-0.39, 0.29) is 0 Å². The van der Waals surface area contributed by atoms with Gasteiger partial charge in [-0.2, -0.15) is 0 Å². The van der Waals surface area contributed by atoms with Crippen LogP contribution in [0, 0.1) is 0 Å². The molecule has 2 aliphatic rings. The maximum atomic E-state index is 6.43. The number of pyridine rings is 2. The van der Waals surface area contributed by atoms with E-state index in [1.54, 1.807) is 0 Å². The van der Waals surface area contributed by atoms with Crippen LogP contribution in [-0.2, 0) is 14.7 Å². The highest BCUT2D eigenvalue weighted by molar-refractivity contribution is 6.62. The second kappa shape index (κ2) is 8.10. The predicted octanol–water partition coefficient (Wildman–Crippen LogP) is 6.29. The highest BCUT2D eigenvalue weighted by Crippen LogP contribution is 2.55. The zero-order valence-corrected chi connectivity index (χ0v) is 22.1. The Morgan fingerprint density at radius 3 is 2.13 bits per heavy atom. The minimum Gasteiger partial charge on any atom is -0.399 e. The van der Waals surface area contributed by atoms with Crippen LogP contribution < -0.4 is 5.46 Å². The molecule has 1 atom stereocenters. The smallest absolute Gasteiger partial charge is 0.399 e. The van der Waals surface area contributed by atoms with Gasteiger partial charge in [0.15, 0.2) is 0 Å². The van der Waals surface area contributed by atoms with Crippen molar-refractivity contribution in [2.24, 2.45) is 0 Å². The molecule has 1 aliphatic carbocycles. The van der Waals surface area contributed by atoms with Crippen LogP contribution >= 0.6 is 0 Å². The lowest BCUT2D eigenvalue weighted by molar-refractivity contribution is 0.00578. The van der Waals surface area contributed by atoms with Crippen molar-refractivity contribution in [3.05, 3.63) is 126 Å². The lowest BCUT2D eigenvalue weighted by Crippen LogP contribution is -2.41. The van der Waals surface area contributed by atoms with E-state index in [2.05, 4.69) is 118 Å². The van der Waals surface area contributed by atoms with Gasteiger partial charge < -0.3 is 9.31 Å². The third kappa shape index (κ3) is 3.19. The average Bonchev–Trinajstić information content (AvgIpc) is 3.35. The fraction of sp³-hybridized carbons (Fsp3) is 0.212. The standard InChI is InChI=1S/C33H29BN2O2/c1-31(2)32(3,4)38-34(37-31)23-16-17-27-25(21-23)24-13-8-9-14-26(24)33(27,22-11-6-5-7-12-22)30-19-18-28-29(36-30)15-10-20-35-28/h5-21H,1-4H3. The normalized spacial score (nSPS) is 20.9. The summed E-state index contributed by atoms with van der Waals surface area (Å²) in [6.45, 7) is 8.37. The Hall–Kier alpha value is -3.80. The number of benzene rings is 3. The van der Waals surface area contributed by atoms with E-state index in [1.807, 2.05) is 18.3 Å². The van der Waals surface area contributed by atoms with Crippen molar-refractivity contribution in [1.82, 2.24) is 9.97 Å². The monoisotopic (exact) mass is 496 g/mol. The van der Waals surface area contributed by atoms with Crippen LogP contribution in [0.25, 0.3) is 22.2 Å². The highest BCUT2D eigenvalue weighted by atomic mass is 16.7. The van der Waals surface area contributed by atoms with Crippen LogP contribution in [0.3, 0.4) is 0 Å². The number of nitrogens with zero attached hydrogens (tertiary/aromatic N) is 2. The molecule has 0 N–H and O–H groups in total. The van der Waals surface area contributed by atoms with Gasteiger partial charge in [-0.05, 0) is 85.2 Å². The largest absolute Gasteiger partial charge is 0.494 e. The molecule has 1 saturated heterocycles. The Balaban J connectivity index is 1.50. The van der Waals surface area contributed by atoms with Crippen LogP contribution in [0.1, 0.15) is 50.1 Å². The van der Waals surface area contributed by atoms with E-state index in [9.17, 15) is 0 Å². The predicted molar refractivity (Wildman–Crippen MR) is 153 cm³/mol. The van der Waals surface area contributed by atoms with Gasteiger partial charge in [-0.25, -0.2) is 4.98 Å². The van der Waals surface area contributed by atoms with Gasteiger partial charge in [-0.3, -0.25) is 4.98 Å². The minimum absolute atomic E-state index is 0.397. The third-order valence-corrected chi connectivity index (χ3v) is 8.64. The fourth-order valence-corrected chi connectivity index (χ4v) is 6.02. The first-order valence-electron chi connectivity index (χ1n) is 13.2. The quantitative estimate of drug-likeness (QED) is 0.270. The molecule has 5 heteroatoms. The summed E-state index contributed by atoms with van der Waals surface area (Å²) >= 11 is 0. The summed E-state index contributed by atoms with van der Waals surface area (Å²) in [6.07, 6.45) is 1.81. The van der Waals surface area contributed by atoms with Crippen molar-refractivity contribution in [1.29, 1.82) is 0 Å². The van der Waals surface area contributed by atoms with Crippen LogP contribution in [0.5, 0.6) is 0 Å². The van der Waals surface area contributed by atoms with E-state index < -0.39 is 23.7 Å². The van der Waals surface area contributed by atoms with E-state index in [1.165, 1.54) is 27.8 Å². The molecule has 0 radical (unpaired) electrons. The van der Waals surface area contributed by atoms with Gasteiger partial charge >= 0.3 is 7.12 Å². The second-order valence-corrected chi connectivity index (χ2v) is 11.3. The molecule has 1 aliphatic heterocycles. The number of rotatable bonds is 3. The van der Waals surface area contributed by atoms with Crippen molar-refractivity contribution in [2.75, 3.05) is 0 Å². The summed E-state index contributed by atoms with van der Waals surface area (Å²) in [5.74, 6) is 0. The topological polar surface area (TPSA) is 44.2 Å². The van der Waals surface area contributed by atoms with E-state index in [4.69, 9.17) is 14.3 Å². The van der Waals surface area contributed by atoms with Gasteiger partial charge in [-0.1, -0.05) is 72.8 Å². The summed E-state index contributed by atoms with van der Waals surface area (Å²) in [7, 11) is -0.422. The van der Waals surface area contributed by atoms with E-state index in [0.29, 0.717) is 0 Å². The van der Waals surface area contributed by atoms with Crippen LogP contribution in [-0.4, -0.2) is 28.3 Å². The molecule has 7 rings (SSSR count). The van der Waals surface area contributed by atoms with Crippen molar-refractivity contribution >= 4 is 23.6 Å². The second-order valence-electron chi connectivity index (χ2n) is 11.3. The zero-order valence-electron chi connectivity index (χ0n) is 22.1. The minimum atomic E-state index is -0.564. The molecule has 3 heterocycles. The molecule has 3 aromatic carbocycles. The maximum Gasteiger partial charge on any atom is 0.494 e. The van der Waals surface area contributed by atoms with Crippen molar-refractivity contribution in [3.63, 3.8) is 0 Å². The molecule has 0 bridgehead atoms. The molecule has 0 saturated carbocycles. The van der Waals surface area contributed by atoms with Crippen molar-refractivity contribution < 1.29 is 9.31 Å². The molecule has 0 amide bonds. The Morgan fingerprint density at radius 1 is 0.632 bits per heavy atom. The highest BCUT2D eigenvalue weighted by Gasteiger charge is 2.53. The summed E-state index contributed by atoms with van der Waals surface area (Å²) in [4.78, 5) is 9.75. The number of aromatic nitrogens is 2. The summed E-state index contributed by atoms with van der Waals surface area (Å²) < 4.78 is 12.9. The van der Waals surface area contributed by atoms with Crippen molar-refractivity contribution in [2.45, 2.75) is 44.3 Å². The molecule has 1 unspecified atom stereocenters. The molecule has 1 fully saturated rings. The third-order valence-electron chi connectivity index (χ3n) is 8.64. The lowest BCUT2D eigenvalue weighted by atomic mass is 9.69. The van der Waals surface area contributed by atoms with Gasteiger partial charge in [0.05, 0.1) is 33.3 Å². The van der Waals surface area contributed by atoms with Crippen LogP contribution in [0.2, 0.25) is 0 Å². The molecular formula is C33H29BN2O2. The van der Waals surface area contributed by atoms with Gasteiger partial charge in [0, 0.05) is 6.20 Å². The summed E-state index contributed by atoms with van der Waals surface area (Å²) in [5.41, 5.74) is 8.44. The van der Waals surface area contributed by atoms with Crippen LogP contribution in [0.4, 0.5) is 0 Å². The zero-order chi connectivity index (χ0) is 26.1. The van der Waals surface area contributed by atoms with Gasteiger partial charge in [0.2, 0.25) is 0 Å². The Labute approximate surface area is 223 Å². The molecule has 186 valence electrons. The van der Waals surface area contributed by atoms with E-state index >= 15 is 0 Å². The number of hydrogen-bond acceptors (Lipinski definition) is 4. The molecule has 38 heavy (non-hydrogen) atoms. The summed E-state index contributed by atoms with van der Waals surface area (Å²) in [5, 5.41) is 0. The van der Waals surface area contributed by atoms with Gasteiger partial charge in [-0.15, -0.1) is 0 Å². The van der Waals surface area contributed by atoms with Gasteiger partial charge in [0.25, 0.3) is 0 Å². The first-order chi connectivity index (χ1) is 18.3. The number of hydrogen-bond donors (Lipinski definition) is 0. The molecule has 4 nitrogen and oxygen atoms in total. The van der Waals surface area contributed by atoms with E-state index in [0.717, 1.165) is 22.2 Å². The van der Waals surface area contributed by atoms with Crippen LogP contribution in [0.15, 0.2) is 103 Å². The lowest BCUT2D eigenvalue weighted by Gasteiger charge is -2.32. The number of fused-ring (bicyclic) bond motifs is 4. The molecule has 0 spiro atoms. The molecular weight excluding hydrogens is 467 g/mol. The molecule has 5 aromatic rings. The SMILES string of the molecule is CC1(C)OB(c2ccc3c(c2)-c2ccccc2C3(c2ccccc2)c2ccc3ncccc3n2)OC1(C)C. The Bertz CT molecular complexity index is 1680. The molecule has 2 aromatic heterocycles. The average molecular weight is 496 g/mol. The fourth-order valence-electron chi connectivity index (χ4n) is 6.02. The van der Waals surface area contributed by atoms with Crippen molar-refractivity contribution in [3.8, 4) is 11.1 Å². The van der Waals surface area contributed by atoms with Gasteiger partial charge in [0.1, 0.15) is 0 Å². The first kappa shape index (κ1) is 23.3. The maximum absolute atomic E-state index is 6.43. The Kier molecular flexibility index (Phi) is 4.97. The Morgan fingerprint density at radius 2 is 1.34 bits per heavy atom.